The van der Waals surface area contributed by atoms with Crippen molar-refractivity contribution in [3.63, 3.8) is 0 Å². The van der Waals surface area contributed by atoms with Crippen LogP contribution in [0.4, 0.5) is 0 Å². The molecule has 0 aromatic heterocycles. The van der Waals surface area contributed by atoms with Crippen LogP contribution in [0, 0.1) is 0 Å². The minimum absolute atomic E-state index is 0.0945. The Balaban J connectivity index is 3.39. The molecule has 0 rings (SSSR count). The number of halogens is 2. The molecular weight excluding hydrogens is 317 g/mol. The Kier molecular flexibility index (Phi) is 3.93. The molecule has 0 amide bonds. The summed E-state index contributed by atoms with van der Waals surface area (Å²) in [6.07, 6.45) is 0. The summed E-state index contributed by atoms with van der Waals surface area (Å²) in [6.45, 7) is 6.16. The molecule has 0 aliphatic rings. The first-order valence-corrected chi connectivity index (χ1v) is 11.0. The van der Waals surface area contributed by atoms with Gasteiger partial charge in [-0.1, -0.05) is 0 Å². The van der Waals surface area contributed by atoms with Gasteiger partial charge in [-0.15, -0.1) is 0 Å². The molecule has 0 atom stereocenters. The molecule has 8 heavy (non-hydrogen) atoms. The molecule has 1 N–H and O–H groups in total. The van der Waals surface area contributed by atoms with Crippen LogP contribution >= 0.6 is 18.8 Å². The summed E-state index contributed by atoms with van der Waals surface area (Å²) in [7, 11) is 11.2. The number of nitrogens with one attached hydrogen (secondary N) is 1. The Morgan fingerprint density at radius 1 is 1.25 bits per heavy atom. The monoisotopic (exact) mass is 326 g/mol. The molecule has 0 heterocycles. The molecule has 1 nitrogen and oxygen atoms in total. The van der Waals surface area contributed by atoms with Gasteiger partial charge < -0.3 is 0 Å². The van der Waals surface area contributed by atoms with Crippen LogP contribution < -0.4 is 3.88 Å². The van der Waals surface area contributed by atoms with E-state index in [1.54, 1.807) is 0 Å². The van der Waals surface area contributed by atoms with Crippen molar-refractivity contribution in [3.8, 4) is 0 Å². The van der Waals surface area contributed by atoms with Crippen LogP contribution in [0.15, 0.2) is 0 Å². The second kappa shape index (κ2) is 3.41. The predicted molar refractivity (Wildman–Crippen MR) is 34.6 cm³/mol. The number of rotatable bonds is 1. The fourth-order valence-electron chi connectivity index (χ4n) is 0.231. The topological polar surface area (TPSA) is 12.0 Å². The molecule has 0 aromatic carbocycles. The molecule has 0 spiro atoms. The van der Waals surface area contributed by atoms with Crippen molar-refractivity contribution in [1.29, 1.82) is 0 Å². The van der Waals surface area contributed by atoms with Gasteiger partial charge in [-0.25, -0.2) is 0 Å². The van der Waals surface area contributed by atoms with E-state index < -0.39 is 15.5 Å². The van der Waals surface area contributed by atoms with Crippen LogP contribution in [0.3, 0.4) is 0 Å². The molecule has 0 fully saturated rings. The van der Waals surface area contributed by atoms with Crippen molar-refractivity contribution in [2.45, 2.75) is 26.3 Å². The summed E-state index contributed by atoms with van der Waals surface area (Å²) in [5.41, 5.74) is 0.0945. The first-order chi connectivity index (χ1) is 3.42. The van der Waals surface area contributed by atoms with Gasteiger partial charge >= 0.3 is 64.5 Å². The normalized spacial score (nSPS) is 12.8. The van der Waals surface area contributed by atoms with Gasteiger partial charge in [0.15, 0.2) is 0 Å². The molecule has 4 heteroatoms. The van der Waals surface area contributed by atoms with E-state index in [1.165, 1.54) is 0 Å². The Morgan fingerprint density at radius 3 is 1.62 bits per heavy atom. The Labute approximate surface area is 64.4 Å². The third kappa shape index (κ3) is 7.23. The summed E-state index contributed by atoms with van der Waals surface area (Å²) < 4.78 is 3.11. The van der Waals surface area contributed by atoms with Crippen molar-refractivity contribution >= 4 is 18.8 Å². The fraction of sp³-hybridized carbons (Fsp3) is 1.00. The zero-order valence-corrected chi connectivity index (χ0v) is 9.61. The maximum atomic E-state index is 5.61. The number of hydrogen-bond donors (Lipinski definition) is 1. The Morgan fingerprint density at radius 2 is 1.62 bits per heavy atom. The van der Waals surface area contributed by atoms with Crippen LogP contribution in [0.1, 0.15) is 20.8 Å². The molecule has 0 radical (unpaired) electrons. The molecule has 0 aromatic rings. The first kappa shape index (κ1) is 9.23. The average Bonchev–Trinajstić information content (AvgIpc) is 1.21. The van der Waals surface area contributed by atoms with Crippen molar-refractivity contribution in [2.24, 2.45) is 0 Å². The number of hydrogen-bond acceptors (Lipinski definition) is 1. The van der Waals surface area contributed by atoms with Crippen molar-refractivity contribution in [3.05, 3.63) is 0 Å². The second-order valence-corrected chi connectivity index (χ2v) is 11.2. The van der Waals surface area contributed by atoms with E-state index in [1.807, 2.05) is 0 Å². The van der Waals surface area contributed by atoms with Crippen LogP contribution in [0.5, 0.6) is 0 Å². The minimum atomic E-state index is -2.06. The molecule has 0 aliphatic heterocycles. The van der Waals surface area contributed by atoms with Gasteiger partial charge in [0, 0.05) is 0 Å². The van der Waals surface area contributed by atoms with Gasteiger partial charge in [0.2, 0.25) is 0 Å². The van der Waals surface area contributed by atoms with E-state index in [2.05, 4.69) is 24.6 Å². The van der Waals surface area contributed by atoms with Gasteiger partial charge in [-0.3, -0.25) is 0 Å². The van der Waals surface area contributed by atoms with Crippen LogP contribution in [0.25, 0.3) is 0 Å². The van der Waals surface area contributed by atoms with Gasteiger partial charge in [-0.05, 0) is 0 Å². The van der Waals surface area contributed by atoms with E-state index in [0.717, 1.165) is 0 Å². The molecular formula is C4H10Cl2NW. The second-order valence-electron chi connectivity index (χ2n) is 2.56. The fourth-order valence-corrected chi connectivity index (χ4v) is 5.68. The van der Waals surface area contributed by atoms with Crippen molar-refractivity contribution < 1.29 is 15.5 Å². The third-order valence-electron chi connectivity index (χ3n) is 0.383. The molecule has 0 saturated heterocycles. The van der Waals surface area contributed by atoms with Crippen LogP contribution in [0.2, 0.25) is 0 Å². The molecule has 0 bridgehead atoms. The van der Waals surface area contributed by atoms with E-state index in [-0.39, 0.29) is 5.54 Å². The van der Waals surface area contributed by atoms with Crippen LogP contribution in [-0.2, 0) is 15.5 Å². The van der Waals surface area contributed by atoms with Crippen LogP contribution in [-0.4, -0.2) is 5.54 Å². The summed E-state index contributed by atoms with van der Waals surface area (Å²) in [5, 5.41) is 0. The summed E-state index contributed by atoms with van der Waals surface area (Å²) >= 11 is -2.06. The predicted octanol–water partition coefficient (Wildman–Crippen LogP) is 2.22. The Hall–Kier alpha value is 1.23. The first-order valence-electron chi connectivity index (χ1n) is 2.26. The quantitative estimate of drug-likeness (QED) is 0.779. The zero-order valence-electron chi connectivity index (χ0n) is 5.16. The Bertz CT molecular complexity index is 68.9. The van der Waals surface area contributed by atoms with Gasteiger partial charge in [0.05, 0.1) is 0 Å². The maximum absolute atomic E-state index is 5.61. The summed E-state index contributed by atoms with van der Waals surface area (Å²) in [5.74, 6) is 0. The SMILES string of the molecule is CC(C)(C)[NH][W]([Cl])[Cl]. The van der Waals surface area contributed by atoms with Gasteiger partial charge in [-0.2, -0.15) is 0 Å². The van der Waals surface area contributed by atoms with E-state index in [9.17, 15) is 0 Å². The molecule has 0 unspecified atom stereocenters. The summed E-state index contributed by atoms with van der Waals surface area (Å²) in [4.78, 5) is 0. The zero-order chi connectivity index (χ0) is 6.78. The van der Waals surface area contributed by atoms with E-state index >= 15 is 0 Å². The molecule has 0 saturated carbocycles. The van der Waals surface area contributed by atoms with E-state index in [0.29, 0.717) is 0 Å². The van der Waals surface area contributed by atoms with Gasteiger partial charge in [0.25, 0.3) is 0 Å². The van der Waals surface area contributed by atoms with E-state index in [4.69, 9.17) is 18.8 Å². The summed E-state index contributed by atoms with van der Waals surface area (Å²) in [6, 6.07) is 0. The van der Waals surface area contributed by atoms with Crippen molar-refractivity contribution in [1.82, 2.24) is 3.88 Å². The van der Waals surface area contributed by atoms with Gasteiger partial charge in [0.1, 0.15) is 0 Å². The average molecular weight is 327 g/mol. The third-order valence-corrected chi connectivity index (χ3v) is 4.40. The van der Waals surface area contributed by atoms with Crippen molar-refractivity contribution in [2.75, 3.05) is 0 Å². The molecule has 0 aliphatic carbocycles. The standard InChI is InChI=1S/C4H10N.2ClH.W/c1-4(2,3)5;;;/h5H,1-3H3;2*1H;/q-1;;;+3/p-2. The molecule has 51 valence electrons.